The number of carbonyl (C=O) groups is 1. The molecule has 0 amide bonds. The highest BCUT2D eigenvalue weighted by molar-refractivity contribution is 7.80. The molecule has 126 valence electrons. The first-order valence-corrected chi connectivity index (χ1v) is 7.94. The highest BCUT2D eigenvalue weighted by Gasteiger charge is 2.30. The highest BCUT2D eigenvalue weighted by Crippen LogP contribution is 2.29. The van der Waals surface area contributed by atoms with E-state index >= 15 is 0 Å². The number of esters is 1. The molecule has 1 atom stereocenters. The zero-order valence-electron chi connectivity index (χ0n) is 13.6. The molecule has 2 N–H and O–H groups in total. The summed E-state index contributed by atoms with van der Waals surface area (Å²) in [5.41, 5.74) is 1.99. The maximum atomic E-state index is 12.1. The van der Waals surface area contributed by atoms with Crippen molar-refractivity contribution < 1.29 is 14.3 Å². The van der Waals surface area contributed by atoms with E-state index in [9.17, 15) is 4.79 Å². The van der Waals surface area contributed by atoms with Crippen LogP contribution in [0.4, 0.5) is 0 Å². The van der Waals surface area contributed by atoms with Gasteiger partial charge in [0.2, 0.25) is 0 Å². The van der Waals surface area contributed by atoms with Crippen LogP contribution in [0.15, 0.2) is 35.5 Å². The van der Waals surface area contributed by atoms with Crippen LogP contribution in [0.5, 0.6) is 5.75 Å². The second-order valence-corrected chi connectivity index (χ2v) is 5.65. The summed E-state index contributed by atoms with van der Waals surface area (Å²) in [5.74, 6) is 0.263. The van der Waals surface area contributed by atoms with Crippen LogP contribution in [0.2, 0.25) is 0 Å². The molecule has 0 aliphatic carbocycles. The number of rotatable bonds is 6. The van der Waals surface area contributed by atoms with Gasteiger partial charge in [0.25, 0.3) is 0 Å². The van der Waals surface area contributed by atoms with E-state index in [4.69, 9.17) is 27.0 Å². The van der Waals surface area contributed by atoms with Gasteiger partial charge < -0.3 is 20.1 Å². The van der Waals surface area contributed by atoms with Crippen molar-refractivity contribution >= 4 is 23.3 Å². The normalized spacial score (nSPS) is 16.7. The van der Waals surface area contributed by atoms with Crippen molar-refractivity contribution in [3.63, 3.8) is 0 Å². The van der Waals surface area contributed by atoms with Gasteiger partial charge >= 0.3 is 5.97 Å². The number of hydrogen-bond donors (Lipinski definition) is 2. The largest absolute Gasteiger partial charge is 0.494 e. The van der Waals surface area contributed by atoms with Crippen LogP contribution in [-0.4, -0.2) is 24.8 Å². The SMILES string of the molecule is COC(=O)C1=C(C)NC(=S)NC1c1cccc(OCCCC#N)c1. The van der Waals surface area contributed by atoms with Crippen LogP contribution >= 0.6 is 12.2 Å². The average Bonchev–Trinajstić information content (AvgIpc) is 2.58. The van der Waals surface area contributed by atoms with Crippen molar-refractivity contribution in [3.8, 4) is 11.8 Å². The van der Waals surface area contributed by atoms with Crippen LogP contribution in [0, 0.1) is 11.3 Å². The second kappa shape index (κ2) is 8.31. The van der Waals surface area contributed by atoms with E-state index in [1.807, 2.05) is 24.3 Å². The second-order valence-electron chi connectivity index (χ2n) is 5.24. The van der Waals surface area contributed by atoms with Gasteiger partial charge in [0.1, 0.15) is 5.75 Å². The Hall–Kier alpha value is -2.59. The lowest BCUT2D eigenvalue weighted by molar-refractivity contribution is -0.136. The van der Waals surface area contributed by atoms with Gasteiger partial charge in [0, 0.05) is 12.1 Å². The summed E-state index contributed by atoms with van der Waals surface area (Å²) in [5, 5.41) is 15.0. The van der Waals surface area contributed by atoms with E-state index in [0.29, 0.717) is 41.6 Å². The molecule has 0 aromatic heterocycles. The molecule has 1 aliphatic rings. The lowest BCUT2D eigenvalue weighted by Crippen LogP contribution is -2.45. The van der Waals surface area contributed by atoms with Crippen molar-refractivity contribution in [2.45, 2.75) is 25.8 Å². The number of thiocarbonyl (C=S) groups is 1. The third kappa shape index (κ3) is 4.24. The first kappa shape index (κ1) is 17.8. The van der Waals surface area contributed by atoms with Gasteiger partial charge in [0.05, 0.1) is 31.4 Å². The number of nitrogens with zero attached hydrogens (tertiary/aromatic N) is 1. The zero-order valence-corrected chi connectivity index (χ0v) is 14.4. The van der Waals surface area contributed by atoms with Gasteiger partial charge in [-0.05, 0) is 43.3 Å². The molecule has 0 fully saturated rings. The van der Waals surface area contributed by atoms with Crippen LogP contribution < -0.4 is 15.4 Å². The number of hydrogen-bond acceptors (Lipinski definition) is 5. The Morgan fingerprint density at radius 2 is 2.25 bits per heavy atom. The molecule has 6 nitrogen and oxygen atoms in total. The summed E-state index contributed by atoms with van der Waals surface area (Å²) in [6.07, 6.45) is 1.13. The maximum Gasteiger partial charge on any atom is 0.337 e. The minimum atomic E-state index is -0.416. The Morgan fingerprint density at radius 3 is 2.96 bits per heavy atom. The van der Waals surface area contributed by atoms with E-state index in [1.165, 1.54) is 7.11 Å². The summed E-state index contributed by atoms with van der Waals surface area (Å²) in [4.78, 5) is 12.1. The summed E-state index contributed by atoms with van der Waals surface area (Å²) >= 11 is 5.20. The minimum absolute atomic E-state index is 0.408. The van der Waals surface area contributed by atoms with Crippen LogP contribution in [0.3, 0.4) is 0 Å². The summed E-state index contributed by atoms with van der Waals surface area (Å²) < 4.78 is 10.5. The van der Waals surface area contributed by atoms with Crippen molar-refractivity contribution in [3.05, 3.63) is 41.1 Å². The molecule has 0 spiro atoms. The van der Waals surface area contributed by atoms with Gasteiger partial charge in [-0.2, -0.15) is 5.26 Å². The lowest BCUT2D eigenvalue weighted by atomic mass is 9.95. The third-order valence-corrected chi connectivity index (χ3v) is 3.79. The van der Waals surface area contributed by atoms with Gasteiger partial charge in [-0.1, -0.05) is 12.1 Å². The molecule has 2 rings (SSSR count). The van der Waals surface area contributed by atoms with E-state index in [0.717, 1.165) is 5.56 Å². The molecule has 1 unspecified atom stereocenters. The fraction of sp³-hybridized carbons (Fsp3) is 0.353. The summed E-state index contributed by atoms with van der Waals surface area (Å²) in [7, 11) is 1.35. The van der Waals surface area contributed by atoms with E-state index in [1.54, 1.807) is 6.92 Å². The molecule has 1 aliphatic heterocycles. The fourth-order valence-electron chi connectivity index (χ4n) is 2.45. The molecule has 1 heterocycles. The summed E-state index contributed by atoms with van der Waals surface area (Å²) in [6, 6.07) is 9.11. The van der Waals surface area contributed by atoms with E-state index in [2.05, 4.69) is 16.7 Å². The molecular weight excluding hydrogens is 326 g/mol. The number of methoxy groups -OCH3 is 1. The monoisotopic (exact) mass is 345 g/mol. The summed E-state index contributed by atoms with van der Waals surface area (Å²) in [6.45, 7) is 2.25. The standard InChI is InChI=1S/C17H19N3O3S/c1-11-14(16(21)22-2)15(20-17(24)19-11)12-6-5-7-13(10-12)23-9-4-3-8-18/h5-7,10,15H,3-4,9H2,1-2H3,(H2,19,20,24). The number of nitrogens with one attached hydrogen (secondary N) is 2. The topological polar surface area (TPSA) is 83.4 Å². The van der Waals surface area contributed by atoms with E-state index < -0.39 is 12.0 Å². The predicted molar refractivity (Wildman–Crippen MR) is 93.1 cm³/mol. The smallest absolute Gasteiger partial charge is 0.337 e. The van der Waals surface area contributed by atoms with Gasteiger partial charge in [-0.25, -0.2) is 4.79 Å². The number of allylic oxidation sites excluding steroid dienone is 1. The molecule has 0 saturated carbocycles. The van der Waals surface area contributed by atoms with Crippen molar-refractivity contribution in [1.29, 1.82) is 5.26 Å². The molecule has 1 aromatic rings. The Morgan fingerprint density at radius 1 is 1.46 bits per heavy atom. The molecular formula is C17H19N3O3S. The Bertz CT molecular complexity index is 709. The number of carbonyl (C=O) groups excluding carboxylic acids is 1. The van der Waals surface area contributed by atoms with Crippen LogP contribution in [0.1, 0.15) is 31.4 Å². The molecule has 0 saturated heterocycles. The third-order valence-electron chi connectivity index (χ3n) is 3.57. The zero-order chi connectivity index (χ0) is 17.5. The number of unbranched alkanes of at least 4 members (excludes halogenated alkanes) is 1. The quantitative estimate of drug-likeness (QED) is 0.465. The first-order valence-electron chi connectivity index (χ1n) is 7.53. The Labute approximate surface area is 146 Å². The molecule has 1 aromatic carbocycles. The number of benzene rings is 1. The minimum Gasteiger partial charge on any atom is -0.494 e. The van der Waals surface area contributed by atoms with Gasteiger partial charge in [-0.15, -0.1) is 0 Å². The Kier molecular flexibility index (Phi) is 6.15. The molecule has 7 heteroatoms. The molecule has 0 radical (unpaired) electrons. The van der Waals surface area contributed by atoms with Gasteiger partial charge in [0.15, 0.2) is 5.11 Å². The average molecular weight is 345 g/mol. The molecule has 0 bridgehead atoms. The fourth-order valence-corrected chi connectivity index (χ4v) is 2.72. The van der Waals surface area contributed by atoms with Gasteiger partial charge in [-0.3, -0.25) is 0 Å². The predicted octanol–water partition coefficient (Wildman–Crippen LogP) is 2.33. The number of nitriles is 1. The van der Waals surface area contributed by atoms with E-state index in [-0.39, 0.29) is 0 Å². The number of ether oxygens (including phenoxy) is 2. The highest BCUT2D eigenvalue weighted by atomic mass is 32.1. The van der Waals surface area contributed by atoms with Crippen molar-refractivity contribution in [1.82, 2.24) is 10.6 Å². The Balaban J connectivity index is 2.25. The maximum absolute atomic E-state index is 12.1. The van der Waals surface area contributed by atoms with Crippen LogP contribution in [-0.2, 0) is 9.53 Å². The van der Waals surface area contributed by atoms with Crippen molar-refractivity contribution in [2.75, 3.05) is 13.7 Å². The first-order chi connectivity index (χ1) is 11.6. The van der Waals surface area contributed by atoms with Crippen LogP contribution in [0.25, 0.3) is 0 Å². The lowest BCUT2D eigenvalue weighted by Gasteiger charge is -2.29. The molecule has 24 heavy (non-hydrogen) atoms. The van der Waals surface area contributed by atoms with Crippen molar-refractivity contribution in [2.24, 2.45) is 0 Å².